The van der Waals surface area contributed by atoms with E-state index in [4.69, 9.17) is 0 Å². The second kappa shape index (κ2) is 7.86. The van der Waals surface area contributed by atoms with E-state index in [2.05, 4.69) is 9.97 Å². The third kappa shape index (κ3) is 3.60. The molecule has 0 aliphatic heterocycles. The molecule has 1 unspecified atom stereocenters. The molecule has 28 heavy (non-hydrogen) atoms. The van der Waals surface area contributed by atoms with Crippen molar-refractivity contribution in [3.8, 4) is 11.4 Å². The van der Waals surface area contributed by atoms with Crippen molar-refractivity contribution in [2.24, 2.45) is 0 Å². The summed E-state index contributed by atoms with van der Waals surface area (Å²) in [6.45, 7) is 1.96. The first-order valence-corrected chi connectivity index (χ1v) is 9.15. The lowest BCUT2D eigenvalue weighted by Crippen LogP contribution is -2.39. The van der Waals surface area contributed by atoms with Gasteiger partial charge in [0.2, 0.25) is 6.30 Å². The van der Waals surface area contributed by atoms with Crippen LogP contribution in [0.5, 0.6) is 0 Å². The van der Waals surface area contributed by atoms with E-state index in [1.54, 1.807) is 12.3 Å². The SMILES string of the molecule is CCSc1cccnc1-c1cc2ccc(=O)n(C(F)C(F)(F)C(F)F)c2cn1. The van der Waals surface area contributed by atoms with Crippen LogP contribution in [0.1, 0.15) is 13.2 Å². The molecule has 4 nitrogen and oxygen atoms in total. The topological polar surface area (TPSA) is 47.8 Å². The van der Waals surface area contributed by atoms with E-state index in [0.29, 0.717) is 11.4 Å². The molecule has 3 heterocycles. The monoisotopic (exact) mass is 415 g/mol. The largest absolute Gasteiger partial charge is 0.356 e. The summed E-state index contributed by atoms with van der Waals surface area (Å²) < 4.78 is 66.3. The van der Waals surface area contributed by atoms with Crippen LogP contribution in [0.25, 0.3) is 22.3 Å². The van der Waals surface area contributed by atoms with Crippen molar-refractivity contribution in [2.45, 2.75) is 30.5 Å². The molecular formula is C18H14F5N3OS. The first-order chi connectivity index (χ1) is 13.3. The van der Waals surface area contributed by atoms with Gasteiger partial charge < -0.3 is 0 Å². The van der Waals surface area contributed by atoms with Crippen LogP contribution < -0.4 is 5.56 Å². The summed E-state index contributed by atoms with van der Waals surface area (Å²) in [5.74, 6) is -4.25. The highest BCUT2D eigenvalue weighted by Gasteiger charge is 2.51. The lowest BCUT2D eigenvalue weighted by atomic mass is 10.1. The summed E-state index contributed by atoms with van der Waals surface area (Å²) in [5.41, 5.74) is -0.575. The highest BCUT2D eigenvalue weighted by molar-refractivity contribution is 7.99. The average molecular weight is 415 g/mol. The molecule has 3 aromatic rings. The van der Waals surface area contributed by atoms with Gasteiger partial charge in [0.25, 0.3) is 5.56 Å². The number of alkyl halides is 5. The van der Waals surface area contributed by atoms with Crippen LogP contribution in [-0.4, -0.2) is 32.6 Å². The molecule has 0 aliphatic rings. The molecule has 0 amide bonds. The maximum Gasteiger partial charge on any atom is 0.356 e. The van der Waals surface area contributed by atoms with Gasteiger partial charge in [-0.15, -0.1) is 11.8 Å². The molecule has 1 atom stereocenters. The zero-order valence-corrected chi connectivity index (χ0v) is 15.3. The summed E-state index contributed by atoms with van der Waals surface area (Å²) >= 11 is 1.52. The zero-order valence-electron chi connectivity index (χ0n) is 14.5. The number of halogens is 5. The molecule has 0 bridgehead atoms. The van der Waals surface area contributed by atoms with Gasteiger partial charge in [-0.25, -0.2) is 13.2 Å². The van der Waals surface area contributed by atoms with Crippen LogP contribution in [0.2, 0.25) is 0 Å². The molecule has 0 spiro atoms. The number of hydrogen-bond acceptors (Lipinski definition) is 4. The third-order valence-electron chi connectivity index (χ3n) is 3.96. The van der Waals surface area contributed by atoms with Gasteiger partial charge in [0.1, 0.15) is 5.69 Å². The fourth-order valence-corrected chi connectivity index (χ4v) is 3.43. The molecular weight excluding hydrogens is 401 g/mol. The number of thioether (sulfide) groups is 1. The summed E-state index contributed by atoms with van der Waals surface area (Å²) in [5, 5.41) is 0.190. The molecule has 0 radical (unpaired) electrons. The molecule has 3 rings (SSSR count). The molecule has 0 aliphatic carbocycles. The quantitative estimate of drug-likeness (QED) is 0.423. The normalized spacial score (nSPS) is 13.2. The van der Waals surface area contributed by atoms with Gasteiger partial charge in [0, 0.05) is 22.5 Å². The van der Waals surface area contributed by atoms with Crippen molar-refractivity contribution in [3.63, 3.8) is 0 Å². The Morgan fingerprint density at radius 2 is 1.93 bits per heavy atom. The van der Waals surface area contributed by atoms with Gasteiger partial charge in [-0.05, 0) is 30.0 Å². The standard InChI is InChI=1S/C18H14F5N3OS/c1-2-28-13-4-3-7-24-15(13)11-8-10-5-6-14(27)26(12(10)9-25-11)17(21)18(22,23)16(19)20/h3-9,16-17H,2H2,1H3. The summed E-state index contributed by atoms with van der Waals surface area (Å²) in [6.07, 6.45) is -5.23. The number of fused-ring (bicyclic) bond motifs is 1. The Kier molecular flexibility index (Phi) is 5.69. The van der Waals surface area contributed by atoms with Gasteiger partial charge in [-0.1, -0.05) is 6.92 Å². The maximum absolute atomic E-state index is 14.2. The van der Waals surface area contributed by atoms with Crippen LogP contribution in [-0.2, 0) is 0 Å². The molecule has 0 aromatic carbocycles. The summed E-state index contributed by atoms with van der Waals surface area (Å²) in [6, 6.07) is 7.17. The highest BCUT2D eigenvalue weighted by atomic mass is 32.2. The number of rotatable bonds is 6. The van der Waals surface area contributed by atoms with Crippen molar-refractivity contribution >= 4 is 22.7 Å². The second-order valence-electron chi connectivity index (χ2n) is 5.76. The van der Waals surface area contributed by atoms with E-state index in [0.717, 1.165) is 22.9 Å². The van der Waals surface area contributed by atoms with E-state index < -0.39 is 24.2 Å². The first kappa shape index (κ1) is 20.2. The average Bonchev–Trinajstić information content (AvgIpc) is 2.67. The van der Waals surface area contributed by atoms with Crippen molar-refractivity contribution in [3.05, 3.63) is 53.1 Å². The van der Waals surface area contributed by atoms with Crippen molar-refractivity contribution in [1.29, 1.82) is 0 Å². The van der Waals surface area contributed by atoms with Crippen molar-refractivity contribution in [1.82, 2.24) is 14.5 Å². The predicted molar refractivity (Wildman–Crippen MR) is 96.7 cm³/mol. The maximum atomic E-state index is 14.2. The second-order valence-corrected chi connectivity index (χ2v) is 7.07. The molecule has 0 saturated heterocycles. The predicted octanol–water partition coefficient (Wildman–Crippen LogP) is 4.94. The molecule has 3 aromatic heterocycles. The van der Waals surface area contributed by atoms with E-state index in [1.807, 2.05) is 13.0 Å². The Bertz CT molecular complexity index is 1060. The lowest BCUT2D eigenvalue weighted by molar-refractivity contribution is -0.191. The Morgan fingerprint density at radius 1 is 1.18 bits per heavy atom. The van der Waals surface area contributed by atoms with Crippen molar-refractivity contribution < 1.29 is 22.0 Å². The van der Waals surface area contributed by atoms with Gasteiger partial charge >= 0.3 is 12.3 Å². The smallest absolute Gasteiger partial charge is 0.270 e. The number of pyridine rings is 3. The Labute approximate surface area is 160 Å². The fraction of sp³-hybridized carbons (Fsp3) is 0.278. The number of aromatic nitrogens is 3. The van der Waals surface area contributed by atoms with Gasteiger partial charge in [-0.3, -0.25) is 19.3 Å². The molecule has 10 heteroatoms. The number of nitrogens with zero attached hydrogens (tertiary/aromatic N) is 3. The highest BCUT2D eigenvalue weighted by Crippen LogP contribution is 2.37. The molecule has 148 valence electrons. The number of hydrogen-bond donors (Lipinski definition) is 0. The van der Waals surface area contributed by atoms with Crippen LogP contribution in [0, 0.1) is 0 Å². The Morgan fingerprint density at radius 3 is 2.61 bits per heavy atom. The van der Waals surface area contributed by atoms with Crippen LogP contribution >= 0.6 is 11.8 Å². The zero-order chi connectivity index (χ0) is 20.5. The van der Waals surface area contributed by atoms with Gasteiger partial charge in [0.15, 0.2) is 0 Å². The van der Waals surface area contributed by atoms with E-state index in [-0.39, 0.29) is 15.5 Å². The van der Waals surface area contributed by atoms with Gasteiger partial charge in [0.05, 0.1) is 17.4 Å². The van der Waals surface area contributed by atoms with Crippen LogP contribution in [0.3, 0.4) is 0 Å². The van der Waals surface area contributed by atoms with Crippen molar-refractivity contribution in [2.75, 3.05) is 5.75 Å². The van der Waals surface area contributed by atoms with E-state index in [1.165, 1.54) is 23.9 Å². The third-order valence-corrected chi connectivity index (χ3v) is 4.89. The lowest BCUT2D eigenvalue weighted by Gasteiger charge is -2.22. The van der Waals surface area contributed by atoms with Crippen LogP contribution in [0.15, 0.2) is 52.4 Å². The molecule has 0 saturated carbocycles. The van der Waals surface area contributed by atoms with E-state index >= 15 is 0 Å². The van der Waals surface area contributed by atoms with Gasteiger partial charge in [-0.2, -0.15) is 8.78 Å². The Balaban J connectivity index is 2.16. The first-order valence-electron chi connectivity index (χ1n) is 8.17. The summed E-state index contributed by atoms with van der Waals surface area (Å²) in [7, 11) is 0. The van der Waals surface area contributed by atoms with Crippen LogP contribution in [0.4, 0.5) is 22.0 Å². The minimum atomic E-state index is -5.03. The Hall–Kier alpha value is -2.49. The van der Waals surface area contributed by atoms with E-state index in [9.17, 15) is 26.7 Å². The minimum absolute atomic E-state index is 0.00159. The summed E-state index contributed by atoms with van der Waals surface area (Å²) in [4.78, 5) is 21.1. The fourth-order valence-electron chi connectivity index (χ4n) is 2.65. The minimum Gasteiger partial charge on any atom is -0.270 e. The molecule has 0 N–H and O–H groups in total. The molecule has 0 fully saturated rings.